The Balaban J connectivity index is 1.12. The topological polar surface area (TPSA) is 139 Å². The first kappa shape index (κ1) is 44.9. The molecule has 8 rings (SSSR count). The molecule has 6 aliphatic rings. The molecule has 4 saturated heterocycles. The summed E-state index contributed by atoms with van der Waals surface area (Å²) in [6.45, 7) is 17.5. The zero-order valence-corrected chi connectivity index (χ0v) is 39.0. The fourth-order valence-corrected chi connectivity index (χ4v) is 10.2. The van der Waals surface area contributed by atoms with E-state index in [0.29, 0.717) is 86.6 Å². The quantitative estimate of drug-likeness (QED) is 0.449. The number of carbonyl (C=O) groups is 3. The number of anilines is 2. The van der Waals surface area contributed by atoms with E-state index in [2.05, 4.69) is 69.6 Å². The van der Waals surface area contributed by atoms with Crippen molar-refractivity contribution in [2.24, 2.45) is 0 Å². The molecular weight excluding hydrogens is 847 g/mol. The zero-order chi connectivity index (χ0) is 44.9. The highest BCUT2D eigenvalue weighted by Crippen LogP contribution is 2.44. The maximum Gasteiger partial charge on any atom is 0.410 e. The van der Waals surface area contributed by atoms with Gasteiger partial charge < -0.3 is 53.8 Å². The number of hydrogen-bond donors (Lipinski definition) is 1. The van der Waals surface area contributed by atoms with Crippen molar-refractivity contribution in [2.45, 2.75) is 83.8 Å². The van der Waals surface area contributed by atoms with Crippen LogP contribution in [0.25, 0.3) is 0 Å². The molecule has 0 saturated carbocycles. The summed E-state index contributed by atoms with van der Waals surface area (Å²) in [5.41, 5.74) is 0.704. The Hall–Kier alpha value is -4.71. The summed E-state index contributed by atoms with van der Waals surface area (Å²) >= 11 is 14.0. The summed E-state index contributed by atoms with van der Waals surface area (Å²) in [7, 11) is 4.18. The van der Waals surface area contributed by atoms with Gasteiger partial charge in [0.05, 0.1) is 12.1 Å². The summed E-state index contributed by atoms with van der Waals surface area (Å²) < 4.78 is 18.8. The lowest BCUT2D eigenvalue weighted by Gasteiger charge is -2.46. The minimum absolute atomic E-state index is 0.0891. The van der Waals surface area contributed by atoms with Crippen molar-refractivity contribution >= 4 is 52.7 Å². The molecule has 0 bridgehead atoms. The number of pyridine rings is 2. The van der Waals surface area contributed by atoms with Crippen LogP contribution in [0.15, 0.2) is 0 Å². The molecule has 3 amide bonds. The normalized spacial score (nSPS) is 25.4. The van der Waals surface area contributed by atoms with Gasteiger partial charge in [0.1, 0.15) is 63.0 Å². The van der Waals surface area contributed by atoms with Gasteiger partial charge in [-0.2, -0.15) is 0 Å². The van der Waals surface area contributed by atoms with Crippen LogP contribution >= 0.6 is 23.2 Å². The van der Waals surface area contributed by atoms with Crippen LogP contribution in [0.5, 0.6) is 11.5 Å². The van der Waals surface area contributed by atoms with Gasteiger partial charge in [-0.1, -0.05) is 35.0 Å². The molecule has 5 atom stereocenters. The van der Waals surface area contributed by atoms with Crippen LogP contribution in [-0.4, -0.2) is 187 Å². The summed E-state index contributed by atoms with van der Waals surface area (Å²) in [5, 5.41) is 4.15. The molecule has 18 heteroatoms. The number of nitrogens with zero attached hydrogens (tertiary/aromatic N) is 9. The van der Waals surface area contributed by atoms with Crippen molar-refractivity contribution in [3.8, 4) is 35.2 Å². The fraction of sp³-hybridized carbons (Fsp3) is 0.622. The van der Waals surface area contributed by atoms with Crippen molar-refractivity contribution in [1.82, 2.24) is 39.8 Å². The molecule has 0 radical (unpaired) electrons. The van der Waals surface area contributed by atoms with Gasteiger partial charge >= 0.3 is 6.09 Å². The third kappa shape index (κ3) is 8.77. The molecule has 63 heavy (non-hydrogen) atoms. The maximum atomic E-state index is 15.0. The number of fused-ring (bicyclic) bond motifs is 4. The van der Waals surface area contributed by atoms with E-state index in [0.717, 1.165) is 13.1 Å². The molecule has 4 fully saturated rings. The number of amides is 3. The van der Waals surface area contributed by atoms with Gasteiger partial charge in [-0.3, -0.25) is 9.59 Å². The smallest absolute Gasteiger partial charge is 0.410 e. The molecule has 1 N–H and O–H groups in total. The first-order chi connectivity index (χ1) is 30.1. The molecule has 338 valence electrons. The van der Waals surface area contributed by atoms with Gasteiger partial charge in [0.25, 0.3) is 11.8 Å². The number of rotatable bonds is 4. The third-order valence-electron chi connectivity index (χ3n) is 12.8. The van der Waals surface area contributed by atoms with E-state index in [9.17, 15) is 9.59 Å². The summed E-state index contributed by atoms with van der Waals surface area (Å²) in [6.07, 6.45) is 0.150. The van der Waals surface area contributed by atoms with Gasteiger partial charge in [-0.05, 0) is 73.9 Å². The van der Waals surface area contributed by atoms with E-state index in [1.165, 1.54) is 0 Å². The second kappa shape index (κ2) is 18.0. The molecule has 2 aromatic heterocycles. The van der Waals surface area contributed by atoms with Crippen LogP contribution in [0.4, 0.5) is 16.4 Å². The van der Waals surface area contributed by atoms with E-state index in [1.807, 2.05) is 25.7 Å². The van der Waals surface area contributed by atoms with E-state index in [4.69, 9.17) is 47.4 Å². The summed E-state index contributed by atoms with van der Waals surface area (Å²) in [4.78, 5) is 67.3. The van der Waals surface area contributed by atoms with E-state index in [1.54, 1.807) is 23.6 Å². The Morgan fingerprint density at radius 3 is 1.97 bits per heavy atom. The van der Waals surface area contributed by atoms with Crippen LogP contribution in [0.2, 0.25) is 10.0 Å². The molecule has 0 aliphatic carbocycles. The Bertz CT molecular complexity index is 2290. The number of nitrogens with one attached hydrogen (secondary N) is 1. The molecule has 2 aromatic rings. The van der Waals surface area contributed by atoms with Gasteiger partial charge in [0.15, 0.2) is 11.5 Å². The molecule has 2 unspecified atom stereocenters. The molecule has 8 heterocycles. The largest absolute Gasteiger partial charge is 0.489 e. The molecule has 0 spiro atoms. The van der Waals surface area contributed by atoms with Crippen LogP contribution in [0, 0.1) is 23.7 Å². The highest BCUT2D eigenvalue weighted by molar-refractivity contribution is 6.34. The number of piperazine rings is 4. The van der Waals surface area contributed by atoms with Gasteiger partial charge in [0, 0.05) is 90.1 Å². The Kier molecular flexibility index (Phi) is 12.9. The van der Waals surface area contributed by atoms with Crippen LogP contribution in [0.1, 0.15) is 80.1 Å². The average molecular weight is 906 g/mol. The van der Waals surface area contributed by atoms with Gasteiger partial charge in [-0.25, -0.2) is 14.8 Å². The maximum absolute atomic E-state index is 15.0. The number of likely N-dealkylation sites (N-methyl/N-ethyl adjacent to an activating group) is 2. The number of aromatic nitrogens is 2. The highest BCUT2D eigenvalue weighted by Gasteiger charge is 2.46. The van der Waals surface area contributed by atoms with Crippen molar-refractivity contribution in [3.05, 3.63) is 32.6 Å². The SMILES string of the molecule is CC#Cc1nc(N2CCN(C)C[C@@H]2CC2NCCN3C(=O)c4c(N5CCN(C)C[C@@H]5C)nc(C#CC)c(Cl)c4OC[C@@H]23)c2c(c1Cl)OCC1CN(C(=O)OC(C)(C)C)CCN1C2=O. The first-order valence-electron chi connectivity index (χ1n) is 21.9. The minimum atomic E-state index is -0.661. The lowest BCUT2D eigenvalue weighted by molar-refractivity contribution is 0.000947. The number of ether oxygens (including phenoxy) is 3. The molecule has 16 nitrogen and oxygen atoms in total. The van der Waals surface area contributed by atoms with Crippen molar-refractivity contribution in [2.75, 3.05) is 109 Å². The monoisotopic (exact) mass is 904 g/mol. The lowest BCUT2D eigenvalue weighted by Crippen LogP contribution is -2.64. The van der Waals surface area contributed by atoms with E-state index in [-0.39, 0.29) is 83.6 Å². The summed E-state index contributed by atoms with van der Waals surface area (Å²) in [5.74, 6) is 13.1. The number of hydrogen-bond acceptors (Lipinski definition) is 13. The lowest BCUT2D eigenvalue weighted by atomic mass is 9.94. The molecule has 6 aliphatic heterocycles. The summed E-state index contributed by atoms with van der Waals surface area (Å²) in [6, 6.07) is -1.09. The first-order valence-corrected chi connectivity index (χ1v) is 22.7. The molecule has 0 aromatic carbocycles. The standard InChI is InChI=1S/C45H58Cl2N10O6/c1-9-11-30-37(47)39-34(40(49-30)54-18-15-51(7)22-27(54)3)43(59)57-14-13-48-32(33(57)26-62-39)21-28-23-52(8)16-19-55(28)41-35-38(36(46)31(50-41)12-10-2)61-25-29-24-53(17-20-56(29)42(35)58)44(60)63-45(4,5)6/h27-29,32-33,48H,13-26H2,1-8H3/t27-,28-,29?,32?,33-/m0/s1. The average Bonchev–Trinajstić information content (AvgIpc) is 3.48. The third-order valence-corrected chi connectivity index (χ3v) is 13.5. The minimum Gasteiger partial charge on any atom is -0.489 e. The fourth-order valence-electron chi connectivity index (χ4n) is 9.75. The Labute approximate surface area is 380 Å². The van der Waals surface area contributed by atoms with Crippen molar-refractivity contribution in [1.29, 1.82) is 0 Å². The highest BCUT2D eigenvalue weighted by atomic mass is 35.5. The van der Waals surface area contributed by atoms with Gasteiger partial charge in [-0.15, -0.1) is 0 Å². The van der Waals surface area contributed by atoms with Crippen LogP contribution in [0.3, 0.4) is 0 Å². The van der Waals surface area contributed by atoms with E-state index < -0.39 is 17.7 Å². The van der Waals surface area contributed by atoms with Crippen LogP contribution < -0.4 is 24.6 Å². The Morgan fingerprint density at radius 2 is 1.35 bits per heavy atom. The predicted octanol–water partition coefficient (Wildman–Crippen LogP) is 3.51. The van der Waals surface area contributed by atoms with Gasteiger partial charge in [0.2, 0.25) is 0 Å². The van der Waals surface area contributed by atoms with E-state index >= 15 is 4.79 Å². The van der Waals surface area contributed by atoms with Crippen molar-refractivity contribution in [3.63, 3.8) is 0 Å². The molecular formula is C45H58Cl2N10O6. The zero-order valence-electron chi connectivity index (χ0n) is 37.5. The van der Waals surface area contributed by atoms with Crippen LogP contribution in [-0.2, 0) is 4.74 Å². The second-order valence-electron chi connectivity index (χ2n) is 18.3. The van der Waals surface area contributed by atoms with Crippen molar-refractivity contribution < 1.29 is 28.6 Å². The Morgan fingerprint density at radius 1 is 0.778 bits per heavy atom. The number of halogens is 2. The number of carbonyl (C=O) groups excluding carboxylic acids is 3. The second-order valence-corrected chi connectivity index (χ2v) is 19.1. The predicted molar refractivity (Wildman–Crippen MR) is 241 cm³/mol.